The van der Waals surface area contributed by atoms with Crippen molar-refractivity contribution in [2.45, 2.75) is 70.3 Å². The van der Waals surface area contributed by atoms with Gasteiger partial charge in [0.2, 0.25) is 11.8 Å². The third-order valence-corrected chi connectivity index (χ3v) is 7.11. The summed E-state index contributed by atoms with van der Waals surface area (Å²) < 4.78 is 5.85. The van der Waals surface area contributed by atoms with Crippen molar-refractivity contribution in [3.63, 3.8) is 0 Å². The number of carboxylic acid groups (broad SMARTS) is 1. The van der Waals surface area contributed by atoms with Crippen molar-refractivity contribution in [1.29, 1.82) is 0 Å². The van der Waals surface area contributed by atoms with Crippen LogP contribution in [0.2, 0.25) is 0 Å². The Morgan fingerprint density at radius 1 is 0.943 bits per heavy atom. The highest BCUT2D eigenvalue weighted by molar-refractivity contribution is 5.99. The average Bonchev–Trinajstić information content (AvgIpc) is 3.36. The number of carbonyl (C=O) groups excluding carboxylic acids is 1. The highest BCUT2D eigenvalue weighted by Gasteiger charge is 2.27. The molecule has 1 amide bonds. The third kappa shape index (κ3) is 7.17. The van der Waals surface area contributed by atoms with Crippen LogP contribution in [-0.4, -0.2) is 42.1 Å². The second-order valence-electron chi connectivity index (χ2n) is 9.73. The van der Waals surface area contributed by atoms with Gasteiger partial charge in [-0.15, -0.1) is 0 Å². The van der Waals surface area contributed by atoms with Gasteiger partial charge in [0.1, 0.15) is 6.61 Å². The number of benzene rings is 2. The second-order valence-corrected chi connectivity index (χ2v) is 9.73. The molecule has 0 radical (unpaired) electrons. The minimum absolute atomic E-state index is 0.0152. The molecule has 6 heteroatoms. The zero-order chi connectivity index (χ0) is 24.5. The number of aliphatic carboxylic acids is 1. The number of nitrogens with one attached hydrogen (secondary N) is 1. The highest BCUT2D eigenvalue weighted by atomic mass is 16.5. The smallest absolute Gasteiger partial charge is 0.307 e. The van der Waals surface area contributed by atoms with Crippen molar-refractivity contribution in [3.05, 3.63) is 70.8 Å². The summed E-state index contributed by atoms with van der Waals surface area (Å²) in [4.78, 5) is 28.5. The first kappa shape index (κ1) is 25.0. The molecule has 35 heavy (non-hydrogen) atoms. The molecule has 1 saturated carbocycles. The zero-order valence-electron chi connectivity index (χ0n) is 20.4. The van der Waals surface area contributed by atoms with Gasteiger partial charge in [0, 0.05) is 12.1 Å². The topological polar surface area (TPSA) is 88.0 Å². The van der Waals surface area contributed by atoms with Crippen LogP contribution in [0.25, 0.3) is 0 Å². The molecule has 1 aliphatic carbocycles. The molecule has 0 aromatic heterocycles. The fourth-order valence-corrected chi connectivity index (χ4v) is 5.17. The first-order chi connectivity index (χ1) is 17.1. The Bertz CT molecular complexity index is 1040. The van der Waals surface area contributed by atoms with Gasteiger partial charge in [-0.25, -0.2) is 4.99 Å². The van der Waals surface area contributed by atoms with Gasteiger partial charge in [0.25, 0.3) is 0 Å². The van der Waals surface area contributed by atoms with Gasteiger partial charge in [-0.1, -0.05) is 87.4 Å². The van der Waals surface area contributed by atoms with Gasteiger partial charge >= 0.3 is 5.97 Å². The minimum atomic E-state index is -0.850. The van der Waals surface area contributed by atoms with Crippen LogP contribution in [0.5, 0.6) is 0 Å². The fraction of sp³-hybridized carbons (Fsp3) is 0.483. The molecule has 1 aliphatic heterocycles. The number of amides is 1. The molecule has 2 aromatic rings. The molecule has 1 atom stereocenters. The van der Waals surface area contributed by atoms with E-state index in [0.29, 0.717) is 18.9 Å². The van der Waals surface area contributed by atoms with Crippen LogP contribution in [0.1, 0.15) is 73.6 Å². The standard InChI is InChI=1S/C29H36N2O4/c32-27(33)19-23-14-5-4-13-22(23)18-24-15-6-7-16-25(24)29-31-26(20-35-29)28(34)30-17-9-8-12-21-10-2-1-3-11-21/h4-7,13-16,21,26H,1-3,8-12,17-20H2,(H,30,34)(H,32,33). The maximum atomic E-state index is 12.7. The average molecular weight is 477 g/mol. The number of carbonyl (C=O) groups is 2. The summed E-state index contributed by atoms with van der Waals surface area (Å²) >= 11 is 0. The fourth-order valence-electron chi connectivity index (χ4n) is 5.17. The van der Waals surface area contributed by atoms with Crippen molar-refractivity contribution < 1.29 is 19.4 Å². The van der Waals surface area contributed by atoms with Crippen molar-refractivity contribution in [2.24, 2.45) is 10.9 Å². The zero-order valence-corrected chi connectivity index (χ0v) is 20.4. The lowest BCUT2D eigenvalue weighted by molar-refractivity contribution is -0.136. The van der Waals surface area contributed by atoms with Crippen molar-refractivity contribution in [3.8, 4) is 0 Å². The van der Waals surface area contributed by atoms with Crippen molar-refractivity contribution in [1.82, 2.24) is 5.32 Å². The molecule has 4 rings (SSSR count). The maximum Gasteiger partial charge on any atom is 0.307 e. The summed E-state index contributed by atoms with van der Waals surface area (Å²) in [6.45, 7) is 0.928. The number of carboxylic acids is 1. The monoisotopic (exact) mass is 476 g/mol. The Morgan fingerprint density at radius 2 is 1.66 bits per heavy atom. The van der Waals surface area contributed by atoms with Gasteiger partial charge < -0.3 is 15.2 Å². The van der Waals surface area contributed by atoms with Crippen molar-refractivity contribution >= 4 is 17.8 Å². The Morgan fingerprint density at radius 3 is 2.43 bits per heavy atom. The molecule has 0 spiro atoms. The first-order valence-electron chi connectivity index (χ1n) is 13.0. The Labute approximate surface area is 207 Å². The number of ether oxygens (including phenoxy) is 1. The minimum Gasteiger partial charge on any atom is -0.481 e. The summed E-state index contributed by atoms with van der Waals surface area (Å²) in [5.74, 6) is 0.429. The number of rotatable bonds is 11. The van der Waals surface area contributed by atoms with E-state index in [1.54, 1.807) is 0 Å². The lowest BCUT2D eigenvalue weighted by Gasteiger charge is -2.21. The molecular weight excluding hydrogens is 440 g/mol. The third-order valence-electron chi connectivity index (χ3n) is 7.11. The van der Waals surface area contributed by atoms with Crippen LogP contribution in [0.4, 0.5) is 0 Å². The molecule has 2 N–H and O–H groups in total. The Kier molecular flexibility index (Phi) is 8.93. The predicted octanol–water partition coefficient (Wildman–Crippen LogP) is 4.92. The van der Waals surface area contributed by atoms with E-state index in [1.807, 2.05) is 48.5 Å². The highest BCUT2D eigenvalue weighted by Crippen LogP contribution is 2.27. The summed E-state index contributed by atoms with van der Waals surface area (Å²) in [5.41, 5.74) is 3.60. The Hall–Kier alpha value is -3.15. The van der Waals surface area contributed by atoms with Gasteiger partial charge in [-0.2, -0.15) is 0 Å². The van der Waals surface area contributed by atoms with E-state index < -0.39 is 12.0 Å². The van der Waals surface area contributed by atoms with Crippen molar-refractivity contribution in [2.75, 3.05) is 13.2 Å². The molecule has 1 fully saturated rings. The molecule has 2 aliphatic rings. The summed E-state index contributed by atoms with van der Waals surface area (Å²) in [5, 5.41) is 12.3. The van der Waals surface area contributed by atoms with E-state index in [1.165, 1.54) is 38.5 Å². The summed E-state index contributed by atoms with van der Waals surface area (Å²) in [6, 6.07) is 14.9. The lowest BCUT2D eigenvalue weighted by atomic mass is 9.86. The van der Waals surface area contributed by atoms with Gasteiger partial charge in [0.15, 0.2) is 6.04 Å². The summed E-state index contributed by atoms with van der Waals surface area (Å²) in [6.07, 6.45) is 10.9. The number of hydrogen-bond acceptors (Lipinski definition) is 4. The van der Waals surface area contributed by atoms with Gasteiger partial charge in [-0.3, -0.25) is 9.59 Å². The molecule has 1 unspecified atom stereocenters. The first-order valence-corrected chi connectivity index (χ1v) is 13.0. The van der Waals surface area contributed by atoms with E-state index in [4.69, 9.17) is 4.74 Å². The normalized spacial score (nSPS) is 18.1. The van der Waals surface area contributed by atoms with Crippen LogP contribution in [0.15, 0.2) is 53.5 Å². The van der Waals surface area contributed by atoms with Crippen LogP contribution >= 0.6 is 0 Å². The second kappa shape index (κ2) is 12.5. The number of unbranched alkanes of at least 4 members (excludes halogenated alkanes) is 1. The van der Waals surface area contributed by atoms with Crippen LogP contribution in [0.3, 0.4) is 0 Å². The quantitative estimate of drug-likeness (QED) is 0.451. The largest absolute Gasteiger partial charge is 0.481 e. The van der Waals surface area contributed by atoms with Gasteiger partial charge in [0.05, 0.1) is 6.42 Å². The van der Waals surface area contributed by atoms with Gasteiger partial charge in [-0.05, 0) is 41.5 Å². The van der Waals surface area contributed by atoms with Crippen LogP contribution in [0, 0.1) is 5.92 Å². The van der Waals surface area contributed by atoms with E-state index in [-0.39, 0.29) is 18.9 Å². The molecule has 186 valence electrons. The number of aliphatic imine (C=N–C) groups is 1. The predicted molar refractivity (Wildman–Crippen MR) is 137 cm³/mol. The van der Waals surface area contributed by atoms with E-state index in [2.05, 4.69) is 10.3 Å². The molecule has 0 saturated heterocycles. The molecule has 2 aromatic carbocycles. The van der Waals surface area contributed by atoms with Crippen LogP contribution < -0.4 is 5.32 Å². The molecular formula is C29H36N2O4. The molecule has 6 nitrogen and oxygen atoms in total. The molecule has 1 heterocycles. The van der Waals surface area contributed by atoms with E-state index >= 15 is 0 Å². The van der Waals surface area contributed by atoms with E-state index in [9.17, 15) is 14.7 Å². The number of hydrogen-bond donors (Lipinski definition) is 2. The maximum absolute atomic E-state index is 12.7. The molecule has 0 bridgehead atoms. The lowest BCUT2D eigenvalue weighted by Crippen LogP contribution is -2.34. The Balaban J connectivity index is 1.33. The van der Waals surface area contributed by atoms with Crippen LogP contribution in [-0.2, 0) is 27.2 Å². The van der Waals surface area contributed by atoms with E-state index in [0.717, 1.165) is 41.0 Å². The number of nitrogens with zero attached hydrogens (tertiary/aromatic N) is 1. The summed E-state index contributed by atoms with van der Waals surface area (Å²) in [7, 11) is 0. The SMILES string of the molecule is O=C(O)Cc1ccccc1Cc1ccccc1C1=NC(C(=O)NCCCCC2CCCCC2)CO1.